The molecule has 5 nitrogen and oxygen atoms in total. The van der Waals surface area contributed by atoms with Crippen LogP contribution in [0.25, 0.3) is 0 Å². The Hall–Kier alpha value is -2.53. The molecule has 2 aromatic carbocycles. The second-order valence-corrected chi connectivity index (χ2v) is 7.93. The first-order chi connectivity index (χ1) is 14.0. The number of hydrogen-bond donors (Lipinski definition) is 3. The normalized spacial score (nSPS) is 14.9. The number of guanidine groups is 1. The molecule has 29 heavy (non-hydrogen) atoms. The summed E-state index contributed by atoms with van der Waals surface area (Å²) in [4.78, 5) is 7.23. The number of phenols is 1. The van der Waals surface area contributed by atoms with Crippen molar-refractivity contribution < 1.29 is 5.11 Å². The van der Waals surface area contributed by atoms with Crippen molar-refractivity contribution in [2.24, 2.45) is 4.99 Å². The van der Waals surface area contributed by atoms with Crippen LogP contribution in [0.15, 0.2) is 41.4 Å². The number of likely N-dealkylation sites (tertiary alicyclic amines) is 1. The van der Waals surface area contributed by atoms with Gasteiger partial charge in [-0.1, -0.05) is 36.4 Å². The largest absolute Gasteiger partial charge is 0.507 e. The van der Waals surface area contributed by atoms with E-state index in [0.717, 1.165) is 42.3 Å². The average molecular weight is 395 g/mol. The maximum atomic E-state index is 9.94. The van der Waals surface area contributed by atoms with Crippen LogP contribution in [-0.4, -0.2) is 35.6 Å². The molecule has 0 aromatic heterocycles. The Morgan fingerprint density at radius 2 is 1.59 bits per heavy atom. The van der Waals surface area contributed by atoms with Crippen LogP contribution in [0.3, 0.4) is 0 Å². The van der Waals surface area contributed by atoms with Crippen molar-refractivity contribution in [2.45, 2.75) is 53.2 Å². The maximum Gasteiger partial charge on any atom is 0.191 e. The molecule has 1 fully saturated rings. The molecule has 1 heterocycles. The second kappa shape index (κ2) is 10.3. The third-order valence-corrected chi connectivity index (χ3v) is 5.40. The molecular weight excluding hydrogens is 360 g/mol. The molecule has 0 aliphatic carbocycles. The molecule has 1 saturated heterocycles. The van der Waals surface area contributed by atoms with Crippen molar-refractivity contribution in [1.82, 2.24) is 15.5 Å². The number of hydrogen-bond acceptors (Lipinski definition) is 3. The van der Waals surface area contributed by atoms with E-state index in [4.69, 9.17) is 4.99 Å². The van der Waals surface area contributed by atoms with Crippen LogP contribution in [-0.2, 0) is 19.6 Å². The van der Waals surface area contributed by atoms with Crippen LogP contribution < -0.4 is 10.6 Å². The number of nitrogens with one attached hydrogen (secondary N) is 2. The minimum atomic E-state index is 0.371. The highest BCUT2D eigenvalue weighted by molar-refractivity contribution is 5.79. The van der Waals surface area contributed by atoms with Crippen molar-refractivity contribution >= 4 is 5.96 Å². The van der Waals surface area contributed by atoms with E-state index in [1.54, 1.807) is 0 Å². The number of aliphatic imine (C=N–C) groups is 1. The predicted octanol–water partition coefficient (Wildman–Crippen LogP) is 3.86. The Labute approximate surface area is 174 Å². The summed E-state index contributed by atoms with van der Waals surface area (Å²) in [6, 6.07) is 12.9. The summed E-state index contributed by atoms with van der Waals surface area (Å²) in [7, 11) is 0. The topological polar surface area (TPSA) is 59.9 Å². The molecule has 3 N–H and O–H groups in total. The first-order valence-corrected chi connectivity index (χ1v) is 10.7. The van der Waals surface area contributed by atoms with E-state index in [9.17, 15) is 5.11 Å². The van der Waals surface area contributed by atoms with Crippen LogP contribution in [0, 0.1) is 13.8 Å². The van der Waals surface area contributed by atoms with Gasteiger partial charge in [0.1, 0.15) is 5.75 Å². The fourth-order valence-corrected chi connectivity index (χ4v) is 3.80. The van der Waals surface area contributed by atoms with Gasteiger partial charge in [0.05, 0.1) is 6.54 Å². The van der Waals surface area contributed by atoms with E-state index in [0.29, 0.717) is 12.3 Å². The number of rotatable bonds is 7. The number of phenolic OH excluding ortho intramolecular Hbond substituents is 1. The fraction of sp³-hybridized carbons (Fsp3) is 0.458. The zero-order valence-corrected chi connectivity index (χ0v) is 18.0. The lowest BCUT2D eigenvalue weighted by atomic mass is 10.1. The van der Waals surface area contributed by atoms with Gasteiger partial charge in [-0.15, -0.1) is 0 Å². The quantitative estimate of drug-likeness (QED) is 0.493. The molecule has 0 spiro atoms. The molecule has 0 bridgehead atoms. The number of aromatic hydroxyl groups is 1. The summed E-state index contributed by atoms with van der Waals surface area (Å²) in [5.74, 6) is 1.17. The van der Waals surface area contributed by atoms with E-state index >= 15 is 0 Å². The summed E-state index contributed by atoms with van der Waals surface area (Å²) in [6.45, 7) is 11.6. The monoisotopic (exact) mass is 394 g/mol. The van der Waals surface area contributed by atoms with Gasteiger partial charge in [-0.2, -0.15) is 0 Å². The average Bonchev–Trinajstić information content (AvgIpc) is 3.22. The molecule has 2 aromatic rings. The Bertz CT molecular complexity index is 800. The van der Waals surface area contributed by atoms with Crippen molar-refractivity contribution in [3.63, 3.8) is 0 Å². The predicted molar refractivity (Wildman–Crippen MR) is 120 cm³/mol. The summed E-state index contributed by atoms with van der Waals surface area (Å²) in [5, 5.41) is 16.7. The van der Waals surface area contributed by atoms with Crippen LogP contribution in [0.2, 0.25) is 0 Å². The van der Waals surface area contributed by atoms with Gasteiger partial charge >= 0.3 is 0 Å². The van der Waals surface area contributed by atoms with Crippen molar-refractivity contribution in [3.05, 3.63) is 64.2 Å². The maximum absolute atomic E-state index is 9.94. The van der Waals surface area contributed by atoms with Crippen molar-refractivity contribution in [3.8, 4) is 5.75 Å². The highest BCUT2D eigenvalue weighted by atomic mass is 16.3. The van der Waals surface area contributed by atoms with Crippen LogP contribution in [0.4, 0.5) is 0 Å². The molecule has 0 atom stereocenters. The van der Waals surface area contributed by atoms with Gasteiger partial charge in [0.25, 0.3) is 0 Å². The van der Waals surface area contributed by atoms with Crippen LogP contribution >= 0.6 is 0 Å². The molecule has 0 unspecified atom stereocenters. The lowest BCUT2D eigenvalue weighted by molar-refractivity contribution is 0.331. The lowest BCUT2D eigenvalue weighted by Crippen LogP contribution is -2.36. The summed E-state index contributed by atoms with van der Waals surface area (Å²) >= 11 is 0. The number of nitrogens with zero attached hydrogens (tertiary/aromatic N) is 2. The van der Waals surface area contributed by atoms with Crippen LogP contribution in [0.1, 0.15) is 47.6 Å². The summed E-state index contributed by atoms with van der Waals surface area (Å²) in [6.07, 6.45) is 2.66. The van der Waals surface area contributed by atoms with Gasteiger partial charge in [-0.25, -0.2) is 4.99 Å². The highest BCUT2D eigenvalue weighted by Gasteiger charge is 2.11. The molecule has 1 aliphatic heterocycles. The molecule has 3 rings (SSSR count). The Kier molecular flexibility index (Phi) is 7.53. The zero-order valence-electron chi connectivity index (χ0n) is 18.0. The van der Waals surface area contributed by atoms with Gasteiger partial charge in [0.15, 0.2) is 5.96 Å². The lowest BCUT2D eigenvalue weighted by Gasteiger charge is -2.15. The van der Waals surface area contributed by atoms with E-state index in [1.807, 2.05) is 26.0 Å². The molecule has 0 saturated carbocycles. The molecular formula is C24H34N4O. The highest BCUT2D eigenvalue weighted by Crippen LogP contribution is 2.23. The summed E-state index contributed by atoms with van der Waals surface area (Å²) < 4.78 is 0. The number of aryl methyl sites for hydroxylation is 2. The smallest absolute Gasteiger partial charge is 0.191 e. The van der Waals surface area contributed by atoms with Crippen LogP contribution in [0.5, 0.6) is 5.75 Å². The Morgan fingerprint density at radius 3 is 2.21 bits per heavy atom. The van der Waals surface area contributed by atoms with Gasteiger partial charge < -0.3 is 15.7 Å². The van der Waals surface area contributed by atoms with E-state index in [2.05, 4.69) is 46.7 Å². The minimum Gasteiger partial charge on any atom is -0.507 e. The van der Waals surface area contributed by atoms with Gasteiger partial charge in [-0.3, -0.25) is 4.90 Å². The first kappa shape index (κ1) is 21.2. The molecule has 0 radical (unpaired) electrons. The molecule has 0 amide bonds. The third kappa shape index (κ3) is 6.23. The van der Waals surface area contributed by atoms with Gasteiger partial charge in [0.2, 0.25) is 0 Å². The molecule has 1 aliphatic rings. The van der Waals surface area contributed by atoms with Gasteiger partial charge in [-0.05, 0) is 74.5 Å². The standard InChI is InChI=1S/C24H34N4O/c1-4-25-24(27-16-22-13-18(2)23(29)19(3)14-22)26-15-20-7-9-21(10-8-20)17-28-11-5-6-12-28/h7-10,13-14,29H,4-6,11-12,15-17H2,1-3H3,(H2,25,26,27). The zero-order chi connectivity index (χ0) is 20.6. The summed E-state index contributed by atoms with van der Waals surface area (Å²) in [5.41, 5.74) is 5.51. The fourth-order valence-electron chi connectivity index (χ4n) is 3.80. The number of benzene rings is 2. The van der Waals surface area contributed by atoms with E-state index in [-0.39, 0.29) is 0 Å². The molecule has 156 valence electrons. The minimum absolute atomic E-state index is 0.371. The van der Waals surface area contributed by atoms with E-state index < -0.39 is 0 Å². The third-order valence-electron chi connectivity index (χ3n) is 5.40. The van der Waals surface area contributed by atoms with Crippen molar-refractivity contribution in [1.29, 1.82) is 0 Å². The van der Waals surface area contributed by atoms with Crippen molar-refractivity contribution in [2.75, 3.05) is 19.6 Å². The SMILES string of the molecule is CCNC(=NCc1cc(C)c(O)c(C)c1)NCc1ccc(CN2CCCC2)cc1. The molecule has 5 heteroatoms. The Morgan fingerprint density at radius 1 is 0.966 bits per heavy atom. The second-order valence-electron chi connectivity index (χ2n) is 7.93. The van der Waals surface area contributed by atoms with E-state index in [1.165, 1.54) is 37.1 Å². The Balaban J connectivity index is 1.56. The first-order valence-electron chi connectivity index (χ1n) is 10.7. The van der Waals surface area contributed by atoms with Gasteiger partial charge in [0, 0.05) is 19.6 Å².